The lowest BCUT2D eigenvalue weighted by atomic mass is 10.2. The van der Waals surface area contributed by atoms with Gasteiger partial charge in [-0.15, -0.1) is 11.3 Å². The number of carbonyl (C=O) groups is 1. The van der Waals surface area contributed by atoms with Gasteiger partial charge in [0, 0.05) is 14.7 Å². The highest BCUT2D eigenvalue weighted by Crippen LogP contribution is 2.19. The zero-order valence-corrected chi connectivity index (χ0v) is 13.5. The number of ether oxygens (including phenoxy) is 1. The molecule has 21 heavy (non-hydrogen) atoms. The second-order valence-corrected chi connectivity index (χ2v) is 6.19. The van der Waals surface area contributed by atoms with Gasteiger partial charge in [0.05, 0.1) is 19.0 Å². The molecule has 1 amide bonds. The average Bonchev–Trinajstić information content (AvgIpc) is 2.90. The molecular weight excluding hydrogens is 352 g/mol. The molecule has 0 unspecified atom stereocenters. The SMILES string of the molecule is N#CCc1ccc(OCC(=O)NCc2cc(Br)cs2)cc1. The Kier molecular flexibility index (Phi) is 5.78. The number of benzene rings is 1. The molecular formula is C15H13BrN2O2S. The second-order valence-electron chi connectivity index (χ2n) is 4.28. The number of halogens is 1. The molecule has 4 nitrogen and oxygen atoms in total. The molecule has 1 aromatic carbocycles. The average molecular weight is 365 g/mol. The summed E-state index contributed by atoms with van der Waals surface area (Å²) in [6, 6.07) is 11.2. The summed E-state index contributed by atoms with van der Waals surface area (Å²) in [6.07, 6.45) is 0.372. The van der Waals surface area contributed by atoms with E-state index in [1.54, 1.807) is 23.5 Å². The molecule has 0 bridgehead atoms. The van der Waals surface area contributed by atoms with E-state index in [4.69, 9.17) is 10.00 Å². The van der Waals surface area contributed by atoms with Crippen LogP contribution in [0.2, 0.25) is 0 Å². The van der Waals surface area contributed by atoms with Gasteiger partial charge >= 0.3 is 0 Å². The summed E-state index contributed by atoms with van der Waals surface area (Å²) in [6.45, 7) is 0.476. The molecule has 1 aromatic heterocycles. The predicted octanol–water partition coefficient (Wildman–Crippen LogP) is 3.27. The summed E-state index contributed by atoms with van der Waals surface area (Å²) < 4.78 is 6.41. The van der Waals surface area contributed by atoms with Crippen LogP contribution in [0.25, 0.3) is 0 Å². The normalized spacial score (nSPS) is 9.90. The van der Waals surface area contributed by atoms with Crippen LogP contribution in [0.3, 0.4) is 0 Å². The van der Waals surface area contributed by atoms with Gasteiger partial charge in [0.2, 0.25) is 0 Å². The Labute approximate surface area is 135 Å². The Morgan fingerprint density at radius 3 is 2.76 bits per heavy atom. The minimum Gasteiger partial charge on any atom is -0.484 e. The Balaban J connectivity index is 1.74. The lowest BCUT2D eigenvalue weighted by molar-refractivity contribution is -0.123. The predicted molar refractivity (Wildman–Crippen MR) is 85.1 cm³/mol. The summed E-state index contributed by atoms with van der Waals surface area (Å²) >= 11 is 4.95. The van der Waals surface area contributed by atoms with Gasteiger partial charge in [-0.2, -0.15) is 5.26 Å². The van der Waals surface area contributed by atoms with Crippen molar-refractivity contribution in [3.05, 3.63) is 50.6 Å². The number of hydrogen-bond donors (Lipinski definition) is 1. The summed E-state index contributed by atoms with van der Waals surface area (Å²) in [5.41, 5.74) is 0.928. The number of hydrogen-bond acceptors (Lipinski definition) is 4. The van der Waals surface area contributed by atoms with Crippen LogP contribution < -0.4 is 10.1 Å². The van der Waals surface area contributed by atoms with Gasteiger partial charge in [0.1, 0.15) is 5.75 Å². The van der Waals surface area contributed by atoms with E-state index in [0.717, 1.165) is 14.9 Å². The molecule has 2 aromatic rings. The van der Waals surface area contributed by atoms with Gasteiger partial charge in [0.25, 0.3) is 5.91 Å². The zero-order chi connectivity index (χ0) is 15.1. The number of rotatable bonds is 6. The van der Waals surface area contributed by atoms with Crippen molar-refractivity contribution in [3.8, 4) is 11.8 Å². The standard InChI is InChI=1S/C15H13BrN2O2S/c16-12-7-14(21-10-12)8-18-15(19)9-20-13-3-1-11(2-4-13)5-6-17/h1-4,7,10H,5,8-9H2,(H,18,19). The van der Waals surface area contributed by atoms with Crippen LogP contribution in [0.15, 0.2) is 40.2 Å². The van der Waals surface area contributed by atoms with Crippen LogP contribution in [0, 0.1) is 11.3 Å². The highest BCUT2D eigenvalue weighted by molar-refractivity contribution is 9.10. The maximum Gasteiger partial charge on any atom is 0.258 e. The monoisotopic (exact) mass is 364 g/mol. The third-order valence-electron chi connectivity index (χ3n) is 2.66. The van der Waals surface area contributed by atoms with E-state index in [0.29, 0.717) is 18.7 Å². The lowest BCUT2D eigenvalue weighted by Gasteiger charge is -2.07. The molecule has 6 heteroatoms. The Bertz CT molecular complexity index is 646. The van der Waals surface area contributed by atoms with Crippen LogP contribution in [0.4, 0.5) is 0 Å². The number of nitriles is 1. The van der Waals surface area contributed by atoms with Gasteiger partial charge in [-0.3, -0.25) is 4.79 Å². The fourth-order valence-electron chi connectivity index (χ4n) is 1.63. The van der Waals surface area contributed by atoms with E-state index in [9.17, 15) is 4.79 Å². The number of nitrogens with one attached hydrogen (secondary N) is 1. The van der Waals surface area contributed by atoms with Crippen molar-refractivity contribution in [1.29, 1.82) is 5.26 Å². The van der Waals surface area contributed by atoms with E-state index in [-0.39, 0.29) is 12.5 Å². The highest BCUT2D eigenvalue weighted by Gasteiger charge is 2.04. The van der Waals surface area contributed by atoms with Crippen LogP contribution >= 0.6 is 27.3 Å². The minimum absolute atomic E-state index is 0.0237. The van der Waals surface area contributed by atoms with E-state index in [2.05, 4.69) is 27.3 Å². The maximum absolute atomic E-state index is 11.7. The molecule has 108 valence electrons. The van der Waals surface area contributed by atoms with E-state index >= 15 is 0 Å². The molecule has 2 rings (SSSR count). The summed E-state index contributed by atoms with van der Waals surface area (Å²) in [4.78, 5) is 12.8. The van der Waals surface area contributed by atoms with E-state index < -0.39 is 0 Å². The van der Waals surface area contributed by atoms with Gasteiger partial charge in [-0.1, -0.05) is 12.1 Å². The third-order valence-corrected chi connectivity index (χ3v) is 4.36. The van der Waals surface area contributed by atoms with Crippen molar-refractivity contribution >= 4 is 33.2 Å². The molecule has 0 saturated carbocycles. The third kappa shape index (κ3) is 5.21. The van der Waals surface area contributed by atoms with Gasteiger partial charge in [-0.25, -0.2) is 0 Å². The summed E-state index contributed by atoms with van der Waals surface area (Å²) in [5, 5.41) is 13.4. The fourth-order valence-corrected chi connectivity index (χ4v) is 3.02. The van der Waals surface area contributed by atoms with Crippen molar-refractivity contribution in [1.82, 2.24) is 5.32 Å². The molecule has 0 aliphatic carbocycles. The number of nitrogens with zero attached hydrogens (tertiary/aromatic N) is 1. The molecule has 1 N–H and O–H groups in total. The molecule has 0 saturated heterocycles. The Hall–Kier alpha value is -1.84. The van der Waals surface area contributed by atoms with Crippen molar-refractivity contribution in [2.45, 2.75) is 13.0 Å². The quantitative estimate of drug-likeness (QED) is 0.855. The number of carbonyl (C=O) groups excluding carboxylic acids is 1. The van der Waals surface area contributed by atoms with Crippen LogP contribution in [0.5, 0.6) is 5.75 Å². The first kappa shape index (κ1) is 15.5. The molecule has 0 fully saturated rings. The lowest BCUT2D eigenvalue weighted by Crippen LogP contribution is -2.28. The van der Waals surface area contributed by atoms with E-state index in [1.807, 2.05) is 23.6 Å². The first-order valence-corrected chi connectivity index (χ1v) is 7.93. The van der Waals surface area contributed by atoms with Crippen molar-refractivity contribution in [2.75, 3.05) is 6.61 Å². The first-order chi connectivity index (χ1) is 10.2. The van der Waals surface area contributed by atoms with Crippen molar-refractivity contribution < 1.29 is 9.53 Å². The number of amides is 1. The highest BCUT2D eigenvalue weighted by atomic mass is 79.9. The summed E-state index contributed by atoms with van der Waals surface area (Å²) in [7, 11) is 0. The Morgan fingerprint density at radius 1 is 1.38 bits per heavy atom. The van der Waals surface area contributed by atoms with Crippen molar-refractivity contribution in [2.24, 2.45) is 0 Å². The second kappa shape index (κ2) is 7.81. The topological polar surface area (TPSA) is 62.1 Å². The Morgan fingerprint density at radius 2 is 2.14 bits per heavy atom. The van der Waals surface area contributed by atoms with Gasteiger partial charge < -0.3 is 10.1 Å². The molecule has 0 aliphatic heterocycles. The molecule has 0 aliphatic rings. The molecule has 1 heterocycles. The van der Waals surface area contributed by atoms with Crippen LogP contribution in [0.1, 0.15) is 10.4 Å². The van der Waals surface area contributed by atoms with Crippen LogP contribution in [-0.2, 0) is 17.8 Å². The molecule has 0 radical (unpaired) electrons. The van der Waals surface area contributed by atoms with Crippen LogP contribution in [-0.4, -0.2) is 12.5 Å². The minimum atomic E-state index is -0.166. The van der Waals surface area contributed by atoms with Gasteiger partial charge in [-0.05, 0) is 39.7 Å². The smallest absolute Gasteiger partial charge is 0.258 e. The van der Waals surface area contributed by atoms with Crippen molar-refractivity contribution in [3.63, 3.8) is 0 Å². The summed E-state index contributed by atoms with van der Waals surface area (Å²) in [5.74, 6) is 0.450. The first-order valence-electron chi connectivity index (χ1n) is 6.25. The molecule has 0 atom stereocenters. The van der Waals surface area contributed by atoms with Gasteiger partial charge in [0.15, 0.2) is 6.61 Å². The fraction of sp³-hybridized carbons (Fsp3) is 0.200. The largest absolute Gasteiger partial charge is 0.484 e. The van der Waals surface area contributed by atoms with E-state index in [1.165, 1.54) is 0 Å². The maximum atomic E-state index is 11.7. The zero-order valence-electron chi connectivity index (χ0n) is 11.1. The molecule has 0 spiro atoms. The number of thiophene rings is 1.